The van der Waals surface area contributed by atoms with E-state index in [1.54, 1.807) is 19.2 Å². The molecule has 3 heterocycles. The normalized spacial score (nSPS) is 11.0. The molecule has 26 heavy (non-hydrogen) atoms. The van der Waals surface area contributed by atoms with Crippen LogP contribution in [0.3, 0.4) is 0 Å². The molecule has 0 saturated carbocycles. The highest BCUT2D eigenvalue weighted by atomic mass is 32.1. The largest absolute Gasteiger partial charge is 0.497 e. The Morgan fingerprint density at radius 3 is 2.77 bits per heavy atom. The maximum atomic E-state index is 12.6. The monoisotopic (exact) mass is 366 g/mol. The molecule has 0 bridgehead atoms. The molecular formula is C19H14N2O4S. The minimum Gasteiger partial charge on any atom is -0.497 e. The summed E-state index contributed by atoms with van der Waals surface area (Å²) >= 11 is 1.37. The summed E-state index contributed by atoms with van der Waals surface area (Å²) in [6, 6.07) is 10.7. The number of hydrogen-bond acceptors (Lipinski definition) is 6. The van der Waals surface area contributed by atoms with Crippen LogP contribution in [0.15, 0.2) is 57.3 Å². The number of methoxy groups -OCH3 is 1. The van der Waals surface area contributed by atoms with E-state index in [2.05, 4.69) is 9.97 Å². The van der Waals surface area contributed by atoms with E-state index in [0.29, 0.717) is 16.0 Å². The highest BCUT2D eigenvalue weighted by Crippen LogP contribution is 2.31. The first kappa shape index (κ1) is 16.3. The van der Waals surface area contributed by atoms with E-state index in [1.165, 1.54) is 17.6 Å². The first-order chi connectivity index (χ1) is 12.7. The van der Waals surface area contributed by atoms with Gasteiger partial charge in [-0.1, -0.05) is 12.1 Å². The van der Waals surface area contributed by atoms with Gasteiger partial charge in [-0.2, -0.15) is 0 Å². The summed E-state index contributed by atoms with van der Waals surface area (Å²) in [6.07, 6.45) is 1.42. The number of thiophene rings is 1. The molecule has 4 aromatic rings. The predicted octanol–water partition coefficient (Wildman–Crippen LogP) is 3.68. The molecule has 0 unspecified atom stereocenters. The first-order valence-corrected chi connectivity index (χ1v) is 8.75. The second-order valence-electron chi connectivity index (χ2n) is 5.65. The number of ketones is 1. The van der Waals surface area contributed by atoms with Crippen LogP contribution >= 0.6 is 11.3 Å². The average Bonchev–Trinajstić information content (AvgIpc) is 3.32. The van der Waals surface area contributed by atoms with Crippen molar-refractivity contribution in [3.05, 3.63) is 70.0 Å². The van der Waals surface area contributed by atoms with Crippen LogP contribution in [0.25, 0.3) is 21.3 Å². The summed E-state index contributed by atoms with van der Waals surface area (Å²) in [6.45, 7) is 0. The molecule has 6 nitrogen and oxygen atoms in total. The lowest BCUT2D eigenvalue weighted by atomic mass is 10.1. The lowest BCUT2D eigenvalue weighted by Crippen LogP contribution is -2.14. The van der Waals surface area contributed by atoms with Gasteiger partial charge in [0.15, 0.2) is 5.76 Å². The van der Waals surface area contributed by atoms with Gasteiger partial charge in [-0.15, -0.1) is 11.3 Å². The van der Waals surface area contributed by atoms with Crippen LogP contribution in [0.5, 0.6) is 5.75 Å². The summed E-state index contributed by atoms with van der Waals surface area (Å²) in [7, 11) is 1.61. The van der Waals surface area contributed by atoms with Crippen LogP contribution in [-0.2, 0) is 6.42 Å². The van der Waals surface area contributed by atoms with Gasteiger partial charge in [-0.05, 0) is 29.8 Å². The molecule has 0 saturated heterocycles. The quantitative estimate of drug-likeness (QED) is 0.545. The Hall–Kier alpha value is -3.19. The molecule has 0 fully saturated rings. The van der Waals surface area contributed by atoms with Gasteiger partial charge in [-0.25, -0.2) is 4.98 Å². The topological polar surface area (TPSA) is 85.2 Å². The molecule has 7 heteroatoms. The molecule has 3 aromatic heterocycles. The van der Waals surface area contributed by atoms with Crippen molar-refractivity contribution in [3.63, 3.8) is 0 Å². The summed E-state index contributed by atoms with van der Waals surface area (Å²) in [4.78, 5) is 32.5. The Bertz CT molecular complexity index is 1120. The molecule has 0 aliphatic heterocycles. The zero-order valence-electron chi connectivity index (χ0n) is 13.8. The van der Waals surface area contributed by atoms with Gasteiger partial charge in [-0.3, -0.25) is 9.59 Å². The Balaban J connectivity index is 1.71. The second kappa shape index (κ2) is 6.61. The molecule has 0 aliphatic carbocycles. The van der Waals surface area contributed by atoms with Crippen molar-refractivity contribution in [2.24, 2.45) is 0 Å². The molecule has 0 radical (unpaired) electrons. The fourth-order valence-corrected chi connectivity index (χ4v) is 3.70. The number of hydrogen-bond donors (Lipinski definition) is 1. The average molecular weight is 366 g/mol. The molecular weight excluding hydrogens is 352 g/mol. The number of aromatic nitrogens is 2. The third-order valence-corrected chi connectivity index (χ3v) is 4.89. The lowest BCUT2D eigenvalue weighted by Gasteiger charge is -2.03. The van der Waals surface area contributed by atoms with Crippen LogP contribution in [0.1, 0.15) is 16.4 Å². The number of nitrogens with zero attached hydrogens (tertiary/aromatic N) is 1. The number of benzene rings is 1. The molecule has 0 amide bonds. The third kappa shape index (κ3) is 2.93. The van der Waals surface area contributed by atoms with Crippen molar-refractivity contribution >= 4 is 27.3 Å². The highest BCUT2D eigenvalue weighted by molar-refractivity contribution is 7.17. The number of rotatable bonds is 5. The number of nitrogens with one attached hydrogen (secondary N) is 1. The maximum absolute atomic E-state index is 12.6. The van der Waals surface area contributed by atoms with Gasteiger partial charge in [0.25, 0.3) is 5.56 Å². The number of furan rings is 1. The molecule has 4 rings (SSSR count). The van der Waals surface area contributed by atoms with E-state index in [-0.39, 0.29) is 23.5 Å². The van der Waals surface area contributed by atoms with Crippen LogP contribution < -0.4 is 10.3 Å². The number of fused-ring (bicyclic) bond motifs is 1. The van der Waals surface area contributed by atoms with Gasteiger partial charge >= 0.3 is 0 Å². The van der Waals surface area contributed by atoms with E-state index in [4.69, 9.17) is 9.15 Å². The minimum absolute atomic E-state index is 0.0194. The van der Waals surface area contributed by atoms with Gasteiger partial charge in [0.1, 0.15) is 16.4 Å². The summed E-state index contributed by atoms with van der Waals surface area (Å²) in [5, 5.41) is 2.42. The Kier molecular flexibility index (Phi) is 4.14. The van der Waals surface area contributed by atoms with Gasteiger partial charge < -0.3 is 14.1 Å². The third-order valence-electron chi connectivity index (χ3n) is 4.02. The van der Waals surface area contributed by atoms with Crippen molar-refractivity contribution in [2.45, 2.75) is 6.42 Å². The number of ether oxygens (including phenoxy) is 1. The fraction of sp³-hybridized carbons (Fsp3) is 0.105. The highest BCUT2D eigenvalue weighted by Gasteiger charge is 2.16. The zero-order valence-corrected chi connectivity index (χ0v) is 14.6. The van der Waals surface area contributed by atoms with Crippen molar-refractivity contribution in [3.8, 4) is 16.9 Å². The number of Topliss-reactive ketones (excluding diaryl/α,β-unsaturated/α-hetero) is 1. The molecule has 1 aromatic carbocycles. The Morgan fingerprint density at radius 1 is 1.27 bits per heavy atom. The van der Waals surface area contributed by atoms with E-state index in [1.807, 2.05) is 29.6 Å². The van der Waals surface area contributed by atoms with Crippen LogP contribution in [0.4, 0.5) is 0 Å². The SMILES string of the molecule is COc1ccc(-c2csc3nc(CC(=O)c4ccco4)[nH]c(=O)c23)cc1. The first-order valence-electron chi connectivity index (χ1n) is 7.87. The Morgan fingerprint density at radius 2 is 2.08 bits per heavy atom. The predicted molar refractivity (Wildman–Crippen MR) is 99.0 cm³/mol. The van der Waals surface area contributed by atoms with Gasteiger partial charge in [0.05, 0.1) is 25.2 Å². The van der Waals surface area contributed by atoms with E-state index < -0.39 is 0 Å². The maximum Gasteiger partial charge on any atom is 0.260 e. The Labute approximate surface area is 152 Å². The van der Waals surface area contributed by atoms with Crippen molar-refractivity contribution < 1.29 is 13.9 Å². The minimum atomic E-state index is -0.260. The number of carbonyl (C=O) groups excluding carboxylic acids is 1. The summed E-state index contributed by atoms with van der Waals surface area (Å²) in [5.74, 6) is 1.09. The zero-order chi connectivity index (χ0) is 18.1. The van der Waals surface area contributed by atoms with Crippen LogP contribution in [0.2, 0.25) is 0 Å². The summed E-state index contributed by atoms with van der Waals surface area (Å²) < 4.78 is 10.3. The van der Waals surface area contributed by atoms with Crippen molar-refractivity contribution in [2.75, 3.05) is 7.11 Å². The van der Waals surface area contributed by atoms with Crippen LogP contribution in [0, 0.1) is 0 Å². The molecule has 0 aliphatic rings. The fourth-order valence-electron chi connectivity index (χ4n) is 2.74. The van der Waals surface area contributed by atoms with Gasteiger partial charge in [0.2, 0.25) is 5.78 Å². The summed E-state index contributed by atoms with van der Waals surface area (Å²) in [5.41, 5.74) is 1.46. The molecule has 0 spiro atoms. The molecule has 0 atom stereocenters. The smallest absolute Gasteiger partial charge is 0.260 e. The lowest BCUT2D eigenvalue weighted by molar-refractivity contribution is 0.0964. The van der Waals surface area contributed by atoms with Crippen LogP contribution in [-0.4, -0.2) is 22.9 Å². The molecule has 130 valence electrons. The van der Waals surface area contributed by atoms with Crippen molar-refractivity contribution in [1.29, 1.82) is 0 Å². The van der Waals surface area contributed by atoms with Crippen molar-refractivity contribution in [1.82, 2.24) is 9.97 Å². The second-order valence-corrected chi connectivity index (χ2v) is 6.51. The number of carbonyl (C=O) groups is 1. The van der Waals surface area contributed by atoms with Gasteiger partial charge in [0, 0.05) is 10.9 Å². The van der Waals surface area contributed by atoms with E-state index in [9.17, 15) is 9.59 Å². The number of aromatic amines is 1. The van der Waals surface area contributed by atoms with E-state index in [0.717, 1.165) is 16.9 Å². The standard InChI is InChI=1S/C19H14N2O4S/c1-24-12-6-4-11(5-7-12)13-10-26-19-17(13)18(23)20-16(21-19)9-14(22)15-3-2-8-25-15/h2-8,10H,9H2,1H3,(H,20,21,23). The number of H-pyrrole nitrogens is 1. The molecule has 1 N–H and O–H groups in total. The van der Waals surface area contributed by atoms with E-state index >= 15 is 0 Å².